The molecule has 0 aromatic heterocycles. The van der Waals surface area contributed by atoms with Gasteiger partial charge in [0.05, 0.1) is 0 Å². The average Bonchev–Trinajstić information content (AvgIpc) is 2.54. The summed E-state index contributed by atoms with van der Waals surface area (Å²) in [7, 11) is 0. The Balaban J connectivity index is 2.16. The van der Waals surface area contributed by atoms with Crippen LogP contribution in [0.3, 0.4) is 0 Å². The van der Waals surface area contributed by atoms with Crippen molar-refractivity contribution in [1.29, 1.82) is 0 Å². The van der Waals surface area contributed by atoms with E-state index in [-0.39, 0.29) is 11.8 Å². The molecule has 4 heteroatoms. The Morgan fingerprint density at radius 3 is 2.14 bits per heavy atom. The van der Waals surface area contributed by atoms with Crippen molar-refractivity contribution in [2.24, 2.45) is 0 Å². The molecule has 0 bridgehead atoms. The van der Waals surface area contributed by atoms with E-state index in [9.17, 15) is 9.59 Å². The van der Waals surface area contributed by atoms with Crippen LogP contribution in [0.5, 0.6) is 0 Å². The highest BCUT2D eigenvalue weighted by Gasteiger charge is 2.22. The van der Waals surface area contributed by atoms with Crippen molar-refractivity contribution in [2.45, 2.75) is 25.8 Å². The lowest BCUT2D eigenvalue weighted by Gasteiger charge is -2.19. The largest absolute Gasteiger partial charge is 0.341 e. The lowest BCUT2D eigenvalue weighted by Crippen LogP contribution is -2.36. The number of anilines is 1. The van der Waals surface area contributed by atoms with Gasteiger partial charge in [-0.3, -0.25) is 9.59 Å². The predicted octanol–water partition coefficient (Wildman–Crippen LogP) is 3.28. The number of hydrogen-bond acceptors (Lipinski definition) is 2. The van der Waals surface area contributed by atoms with Crippen molar-refractivity contribution in [1.82, 2.24) is 5.32 Å². The molecule has 22 heavy (non-hydrogen) atoms. The zero-order valence-electron chi connectivity index (χ0n) is 12.6. The first-order valence-corrected chi connectivity index (χ1v) is 7.41. The number of rotatable bonds is 6. The number of hydrogen-bond donors (Lipinski definition) is 2. The lowest BCUT2D eigenvalue weighted by atomic mass is 10.1. The molecule has 0 aliphatic carbocycles. The van der Waals surface area contributed by atoms with Crippen LogP contribution in [0.1, 0.15) is 31.4 Å². The van der Waals surface area contributed by atoms with Gasteiger partial charge in [0.1, 0.15) is 6.04 Å². The van der Waals surface area contributed by atoms with Gasteiger partial charge < -0.3 is 10.6 Å². The highest BCUT2D eigenvalue weighted by Crippen LogP contribution is 2.16. The Bertz CT molecular complexity index is 611. The topological polar surface area (TPSA) is 58.2 Å². The smallest absolute Gasteiger partial charge is 0.251 e. The molecule has 0 heterocycles. The number of carbonyl (C=O) groups is 2. The fourth-order valence-corrected chi connectivity index (χ4v) is 2.14. The van der Waals surface area contributed by atoms with E-state index in [0.29, 0.717) is 12.1 Å². The van der Waals surface area contributed by atoms with Gasteiger partial charge >= 0.3 is 0 Å². The SMILES string of the molecule is CCCC(=O)NC(C(=O)Nc1ccccc1)c1ccccc1. The second-order valence-corrected chi connectivity index (χ2v) is 5.02. The molecule has 0 aliphatic heterocycles. The maximum atomic E-state index is 12.5. The van der Waals surface area contributed by atoms with Crippen LogP contribution in [0.2, 0.25) is 0 Å². The van der Waals surface area contributed by atoms with Crippen LogP contribution >= 0.6 is 0 Å². The minimum atomic E-state index is -0.694. The van der Waals surface area contributed by atoms with Gasteiger partial charge in [-0.15, -0.1) is 0 Å². The summed E-state index contributed by atoms with van der Waals surface area (Å²) in [5.41, 5.74) is 1.47. The summed E-state index contributed by atoms with van der Waals surface area (Å²) in [5, 5.41) is 5.64. The van der Waals surface area contributed by atoms with Crippen molar-refractivity contribution in [2.75, 3.05) is 5.32 Å². The van der Waals surface area contributed by atoms with Crippen LogP contribution < -0.4 is 10.6 Å². The van der Waals surface area contributed by atoms with E-state index in [4.69, 9.17) is 0 Å². The summed E-state index contributed by atoms with van der Waals surface area (Å²) < 4.78 is 0. The minimum absolute atomic E-state index is 0.125. The normalized spacial score (nSPS) is 11.5. The molecule has 2 aromatic rings. The number of nitrogens with one attached hydrogen (secondary N) is 2. The third kappa shape index (κ3) is 4.45. The van der Waals surface area contributed by atoms with Gasteiger partial charge in [-0.1, -0.05) is 55.5 Å². The molecule has 2 N–H and O–H groups in total. The van der Waals surface area contributed by atoms with Crippen LogP contribution in [-0.4, -0.2) is 11.8 Å². The maximum absolute atomic E-state index is 12.5. The van der Waals surface area contributed by atoms with E-state index >= 15 is 0 Å². The Morgan fingerprint density at radius 2 is 1.55 bits per heavy atom. The number of amides is 2. The summed E-state index contributed by atoms with van der Waals surface area (Å²) >= 11 is 0. The monoisotopic (exact) mass is 296 g/mol. The van der Waals surface area contributed by atoms with Gasteiger partial charge in [-0.2, -0.15) is 0 Å². The molecule has 2 rings (SSSR count). The van der Waals surface area contributed by atoms with Crippen molar-refractivity contribution >= 4 is 17.5 Å². The molecule has 2 aromatic carbocycles. The molecular formula is C18H20N2O2. The van der Waals surface area contributed by atoms with Gasteiger partial charge in [-0.25, -0.2) is 0 Å². The van der Waals surface area contributed by atoms with Crippen LogP contribution in [0.15, 0.2) is 60.7 Å². The van der Waals surface area contributed by atoms with Crippen LogP contribution in [0.25, 0.3) is 0 Å². The van der Waals surface area contributed by atoms with Crippen LogP contribution in [0, 0.1) is 0 Å². The minimum Gasteiger partial charge on any atom is -0.341 e. The van der Waals surface area contributed by atoms with Gasteiger partial charge in [0.2, 0.25) is 5.91 Å². The molecule has 114 valence electrons. The van der Waals surface area contributed by atoms with E-state index in [1.54, 1.807) is 0 Å². The summed E-state index contributed by atoms with van der Waals surface area (Å²) in [6.45, 7) is 1.93. The molecule has 0 fully saturated rings. The number of para-hydroxylation sites is 1. The zero-order valence-corrected chi connectivity index (χ0v) is 12.6. The average molecular weight is 296 g/mol. The molecular weight excluding hydrogens is 276 g/mol. The Hall–Kier alpha value is -2.62. The Morgan fingerprint density at radius 1 is 0.955 bits per heavy atom. The Kier molecular flexibility index (Phi) is 5.72. The first kappa shape index (κ1) is 15.8. The third-order valence-corrected chi connectivity index (χ3v) is 3.22. The van der Waals surface area contributed by atoms with Gasteiger partial charge in [0.25, 0.3) is 5.91 Å². The van der Waals surface area contributed by atoms with Crippen molar-refractivity contribution in [3.05, 3.63) is 66.2 Å². The zero-order chi connectivity index (χ0) is 15.8. The molecule has 1 atom stereocenters. The standard InChI is InChI=1S/C18H20N2O2/c1-2-9-16(21)20-17(14-10-5-3-6-11-14)18(22)19-15-12-7-4-8-13-15/h3-8,10-13,17H,2,9H2,1H3,(H,19,22)(H,20,21). The van der Waals surface area contributed by atoms with Crippen molar-refractivity contribution in [3.63, 3.8) is 0 Å². The second-order valence-electron chi connectivity index (χ2n) is 5.02. The fourth-order valence-electron chi connectivity index (χ4n) is 2.14. The molecule has 0 spiro atoms. The summed E-state index contributed by atoms with van der Waals surface area (Å²) in [5.74, 6) is -0.374. The molecule has 0 aliphatic rings. The first-order chi connectivity index (χ1) is 10.7. The molecule has 0 saturated heterocycles. The summed E-state index contributed by atoms with van der Waals surface area (Å²) in [6, 6.07) is 17.8. The van der Waals surface area contributed by atoms with Gasteiger partial charge in [-0.05, 0) is 24.1 Å². The highest BCUT2D eigenvalue weighted by molar-refractivity contribution is 5.97. The molecule has 2 amide bonds. The second kappa shape index (κ2) is 7.98. The van der Waals surface area contributed by atoms with Gasteiger partial charge in [0.15, 0.2) is 0 Å². The first-order valence-electron chi connectivity index (χ1n) is 7.41. The lowest BCUT2D eigenvalue weighted by molar-refractivity contribution is -0.126. The van der Waals surface area contributed by atoms with E-state index in [1.165, 1.54) is 0 Å². The number of carbonyl (C=O) groups excluding carboxylic acids is 2. The number of benzene rings is 2. The maximum Gasteiger partial charge on any atom is 0.251 e. The van der Waals surface area contributed by atoms with E-state index in [2.05, 4.69) is 10.6 Å². The predicted molar refractivity (Wildman–Crippen MR) is 87.3 cm³/mol. The van der Waals surface area contributed by atoms with E-state index in [1.807, 2.05) is 67.6 Å². The van der Waals surface area contributed by atoms with Crippen molar-refractivity contribution in [3.8, 4) is 0 Å². The Labute approximate surface area is 130 Å². The van der Waals surface area contributed by atoms with Crippen LogP contribution in [0.4, 0.5) is 5.69 Å². The molecule has 4 nitrogen and oxygen atoms in total. The molecule has 1 unspecified atom stereocenters. The molecule has 0 radical (unpaired) electrons. The van der Waals surface area contributed by atoms with E-state index in [0.717, 1.165) is 12.0 Å². The third-order valence-electron chi connectivity index (χ3n) is 3.22. The summed E-state index contributed by atoms with van der Waals surface area (Å²) in [4.78, 5) is 24.4. The van der Waals surface area contributed by atoms with Crippen molar-refractivity contribution < 1.29 is 9.59 Å². The van der Waals surface area contributed by atoms with Gasteiger partial charge in [0, 0.05) is 12.1 Å². The van der Waals surface area contributed by atoms with Crippen LogP contribution in [-0.2, 0) is 9.59 Å². The highest BCUT2D eigenvalue weighted by atomic mass is 16.2. The van der Waals surface area contributed by atoms with E-state index < -0.39 is 6.04 Å². The summed E-state index contributed by atoms with van der Waals surface area (Å²) in [6.07, 6.45) is 1.15. The fraction of sp³-hybridized carbons (Fsp3) is 0.222. The molecule has 0 saturated carbocycles. The quantitative estimate of drug-likeness (QED) is 0.859.